The van der Waals surface area contributed by atoms with Gasteiger partial charge in [0.1, 0.15) is 17.4 Å². The summed E-state index contributed by atoms with van der Waals surface area (Å²) in [5, 5.41) is 7.67. The lowest BCUT2D eigenvalue weighted by atomic mass is 10.2. The first-order chi connectivity index (χ1) is 12.6. The smallest absolute Gasteiger partial charge is 0.191 e. The van der Waals surface area contributed by atoms with Crippen molar-refractivity contribution >= 4 is 17.3 Å². The molecule has 0 fully saturated rings. The molecule has 2 N–H and O–H groups in total. The zero-order chi connectivity index (χ0) is 18.8. The number of nitrogens with one attached hydrogen (secondary N) is 2. The molecule has 0 aliphatic heterocycles. The summed E-state index contributed by atoms with van der Waals surface area (Å²) in [6.45, 7) is 7.71. The summed E-state index contributed by atoms with van der Waals surface area (Å²) >= 11 is 1.70. The summed E-state index contributed by atoms with van der Waals surface area (Å²) in [5.41, 5.74) is 1.08. The van der Waals surface area contributed by atoms with Crippen molar-refractivity contribution in [2.75, 3.05) is 33.8 Å². The first-order valence-electron chi connectivity index (χ1n) is 8.87. The van der Waals surface area contributed by atoms with Crippen molar-refractivity contribution in [3.63, 3.8) is 0 Å². The molecule has 7 heteroatoms. The SMILES string of the molecule is CCNC(=NCc1ccccc1OCCN(C)C)NCc1ncc(C)s1. The molecule has 1 heterocycles. The normalized spacial score (nSPS) is 11.7. The van der Waals surface area contributed by atoms with E-state index in [-0.39, 0.29) is 0 Å². The van der Waals surface area contributed by atoms with Crippen molar-refractivity contribution in [1.29, 1.82) is 0 Å². The van der Waals surface area contributed by atoms with Gasteiger partial charge in [-0.25, -0.2) is 9.98 Å². The molecule has 0 saturated carbocycles. The molecule has 0 unspecified atom stereocenters. The van der Waals surface area contributed by atoms with Crippen LogP contribution in [-0.4, -0.2) is 49.6 Å². The van der Waals surface area contributed by atoms with Gasteiger partial charge in [-0.3, -0.25) is 0 Å². The minimum atomic E-state index is 0.560. The molecule has 0 aliphatic rings. The number of guanidine groups is 1. The molecule has 2 aromatic rings. The van der Waals surface area contributed by atoms with Gasteiger partial charge in [-0.1, -0.05) is 18.2 Å². The van der Waals surface area contributed by atoms with Gasteiger partial charge in [0, 0.05) is 29.7 Å². The lowest BCUT2D eigenvalue weighted by Gasteiger charge is -2.14. The van der Waals surface area contributed by atoms with Gasteiger partial charge in [-0.05, 0) is 34.0 Å². The Morgan fingerprint density at radius 3 is 2.77 bits per heavy atom. The molecule has 2 rings (SSSR count). The molecular weight excluding hydrogens is 346 g/mol. The van der Waals surface area contributed by atoms with Crippen molar-refractivity contribution < 1.29 is 4.74 Å². The second-order valence-corrected chi connectivity index (χ2v) is 7.49. The van der Waals surface area contributed by atoms with Crippen LogP contribution in [0.2, 0.25) is 0 Å². The highest BCUT2D eigenvalue weighted by molar-refractivity contribution is 7.11. The molecule has 0 atom stereocenters. The predicted octanol–water partition coefficient (Wildman–Crippen LogP) is 2.65. The molecule has 0 aliphatic carbocycles. The van der Waals surface area contributed by atoms with Crippen LogP contribution in [0.25, 0.3) is 0 Å². The number of nitrogens with zero attached hydrogens (tertiary/aromatic N) is 3. The molecule has 6 nitrogen and oxygen atoms in total. The summed E-state index contributed by atoms with van der Waals surface area (Å²) in [5.74, 6) is 1.67. The van der Waals surface area contributed by atoms with Crippen molar-refractivity contribution in [3.05, 3.63) is 45.9 Å². The topological polar surface area (TPSA) is 61.8 Å². The fourth-order valence-electron chi connectivity index (χ4n) is 2.26. The highest BCUT2D eigenvalue weighted by Gasteiger charge is 2.05. The average Bonchev–Trinajstić information content (AvgIpc) is 3.03. The van der Waals surface area contributed by atoms with Crippen LogP contribution in [0, 0.1) is 6.92 Å². The van der Waals surface area contributed by atoms with E-state index in [1.54, 1.807) is 11.3 Å². The maximum Gasteiger partial charge on any atom is 0.191 e. The Balaban J connectivity index is 1.97. The zero-order valence-corrected chi connectivity index (χ0v) is 16.9. The van der Waals surface area contributed by atoms with Gasteiger partial charge < -0.3 is 20.3 Å². The van der Waals surface area contributed by atoms with E-state index in [0.717, 1.165) is 35.4 Å². The lowest BCUT2D eigenvalue weighted by molar-refractivity contribution is 0.259. The van der Waals surface area contributed by atoms with Crippen LogP contribution in [0.4, 0.5) is 0 Å². The number of likely N-dealkylation sites (N-methyl/N-ethyl adjacent to an activating group) is 1. The number of hydrogen-bond donors (Lipinski definition) is 2. The van der Waals surface area contributed by atoms with E-state index in [1.165, 1.54) is 4.88 Å². The first-order valence-corrected chi connectivity index (χ1v) is 9.69. The lowest BCUT2D eigenvalue weighted by Crippen LogP contribution is -2.36. The molecule has 0 saturated heterocycles. The third-order valence-electron chi connectivity index (χ3n) is 3.60. The first kappa shape index (κ1) is 20.2. The quantitative estimate of drug-likeness (QED) is 0.521. The van der Waals surface area contributed by atoms with Crippen molar-refractivity contribution in [2.24, 2.45) is 4.99 Å². The Morgan fingerprint density at radius 1 is 1.27 bits per heavy atom. The second-order valence-electron chi connectivity index (χ2n) is 6.17. The minimum absolute atomic E-state index is 0.560. The Kier molecular flexibility index (Phi) is 8.37. The minimum Gasteiger partial charge on any atom is -0.492 e. The van der Waals surface area contributed by atoms with Gasteiger partial charge in [-0.2, -0.15) is 0 Å². The molecule has 0 radical (unpaired) electrons. The van der Waals surface area contributed by atoms with E-state index in [0.29, 0.717) is 19.7 Å². The average molecular weight is 376 g/mol. The molecule has 1 aromatic heterocycles. The number of benzene rings is 1. The van der Waals surface area contributed by atoms with Crippen LogP contribution in [0.15, 0.2) is 35.5 Å². The molecule has 0 bridgehead atoms. The van der Waals surface area contributed by atoms with Gasteiger partial charge in [0.2, 0.25) is 0 Å². The van der Waals surface area contributed by atoms with E-state index < -0.39 is 0 Å². The van der Waals surface area contributed by atoms with Crippen molar-refractivity contribution in [3.8, 4) is 5.75 Å². The van der Waals surface area contributed by atoms with Gasteiger partial charge in [0.05, 0.1) is 13.1 Å². The van der Waals surface area contributed by atoms with Crippen molar-refractivity contribution in [2.45, 2.75) is 26.9 Å². The van der Waals surface area contributed by atoms with Crippen molar-refractivity contribution in [1.82, 2.24) is 20.5 Å². The number of aromatic nitrogens is 1. The Bertz CT molecular complexity index is 699. The largest absolute Gasteiger partial charge is 0.492 e. The van der Waals surface area contributed by atoms with E-state index >= 15 is 0 Å². The summed E-state index contributed by atoms with van der Waals surface area (Å²) in [6, 6.07) is 8.07. The Labute approximate surface area is 160 Å². The third kappa shape index (κ3) is 7.01. The maximum absolute atomic E-state index is 5.91. The highest BCUT2D eigenvalue weighted by atomic mass is 32.1. The van der Waals surface area contributed by atoms with Crippen LogP contribution in [0.1, 0.15) is 22.4 Å². The van der Waals surface area contributed by atoms with Crippen LogP contribution >= 0.6 is 11.3 Å². The molecule has 0 amide bonds. The van der Waals surface area contributed by atoms with Gasteiger partial charge >= 0.3 is 0 Å². The van der Waals surface area contributed by atoms with Crippen LogP contribution in [0.3, 0.4) is 0 Å². The molecule has 26 heavy (non-hydrogen) atoms. The second kappa shape index (κ2) is 10.8. The number of hydrogen-bond acceptors (Lipinski definition) is 5. The molecule has 142 valence electrons. The number of aryl methyl sites for hydroxylation is 1. The van der Waals surface area contributed by atoms with Gasteiger partial charge in [0.15, 0.2) is 5.96 Å². The number of ether oxygens (including phenoxy) is 1. The van der Waals surface area contributed by atoms with Gasteiger partial charge in [0.25, 0.3) is 0 Å². The fraction of sp³-hybridized carbons (Fsp3) is 0.474. The standard InChI is InChI=1S/C19H29N5OS/c1-5-20-19(23-14-18-21-12-15(2)26-18)22-13-16-8-6-7-9-17(16)25-11-10-24(3)4/h6-9,12H,5,10-11,13-14H2,1-4H3,(H2,20,22,23). The van der Waals surface area contributed by atoms with Gasteiger partial charge in [-0.15, -0.1) is 11.3 Å². The number of aliphatic imine (C=N–C) groups is 1. The Hall–Kier alpha value is -2.12. The molecular formula is C19H29N5OS. The van der Waals surface area contributed by atoms with E-state index in [9.17, 15) is 0 Å². The summed E-state index contributed by atoms with van der Waals surface area (Å²) in [4.78, 5) is 12.4. The maximum atomic E-state index is 5.91. The zero-order valence-electron chi connectivity index (χ0n) is 16.1. The predicted molar refractivity (Wildman–Crippen MR) is 109 cm³/mol. The fourth-order valence-corrected chi connectivity index (χ4v) is 2.99. The van der Waals surface area contributed by atoms with Crippen LogP contribution < -0.4 is 15.4 Å². The monoisotopic (exact) mass is 375 g/mol. The molecule has 1 aromatic carbocycles. The summed E-state index contributed by atoms with van der Waals surface area (Å²) in [7, 11) is 4.08. The van der Waals surface area contributed by atoms with E-state index in [2.05, 4.69) is 40.4 Å². The van der Waals surface area contributed by atoms with E-state index in [1.807, 2.05) is 38.5 Å². The Morgan fingerprint density at radius 2 is 2.08 bits per heavy atom. The van der Waals surface area contributed by atoms with E-state index in [4.69, 9.17) is 9.73 Å². The summed E-state index contributed by atoms with van der Waals surface area (Å²) in [6.07, 6.45) is 1.90. The third-order valence-corrected chi connectivity index (χ3v) is 4.51. The summed E-state index contributed by atoms with van der Waals surface area (Å²) < 4.78 is 5.91. The number of thiazole rings is 1. The van der Waals surface area contributed by atoms with Crippen LogP contribution in [0.5, 0.6) is 5.75 Å². The highest BCUT2D eigenvalue weighted by Crippen LogP contribution is 2.19. The van der Waals surface area contributed by atoms with Crippen LogP contribution in [-0.2, 0) is 13.1 Å². The molecule has 0 spiro atoms. The number of para-hydroxylation sites is 1. The number of rotatable bonds is 9.